The van der Waals surface area contributed by atoms with E-state index in [-0.39, 0.29) is 5.91 Å². The second-order valence-electron chi connectivity index (χ2n) is 5.86. The maximum Gasteiger partial charge on any atom is 0.251 e. The number of aromatic nitrogens is 2. The molecule has 0 saturated heterocycles. The lowest BCUT2D eigenvalue weighted by Crippen LogP contribution is -2.22. The van der Waals surface area contributed by atoms with Crippen molar-refractivity contribution in [3.05, 3.63) is 76.9 Å². The van der Waals surface area contributed by atoms with Gasteiger partial charge in [-0.05, 0) is 31.2 Å². The SMILES string of the molecule is Cc1nc(-c2ccccc2)sc1CNC(=O)c1ccc2[nH]ccc2c1. The second-order valence-corrected chi connectivity index (χ2v) is 6.94. The van der Waals surface area contributed by atoms with E-state index in [1.807, 2.05) is 67.7 Å². The van der Waals surface area contributed by atoms with Crippen molar-refractivity contribution in [2.45, 2.75) is 13.5 Å². The zero-order valence-corrected chi connectivity index (χ0v) is 14.6. The number of fused-ring (bicyclic) bond motifs is 1. The zero-order chi connectivity index (χ0) is 17.2. The van der Waals surface area contributed by atoms with Crippen LogP contribution in [0.1, 0.15) is 20.9 Å². The van der Waals surface area contributed by atoms with Crippen LogP contribution in [0.15, 0.2) is 60.8 Å². The molecule has 0 unspecified atom stereocenters. The van der Waals surface area contributed by atoms with Crippen LogP contribution in [0.25, 0.3) is 21.5 Å². The standard InChI is InChI=1S/C20H17N3OS/c1-13-18(25-20(23-13)14-5-3-2-4-6-14)12-22-19(24)16-7-8-17-15(11-16)9-10-21-17/h2-11,21H,12H2,1H3,(H,22,24). The minimum atomic E-state index is -0.0721. The number of thiazole rings is 1. The fraction of sp³-hybridized carbons (Fsp3) is 0.100. The Bertz CT molecular complexity index is 1030. The Labute approximate surface area is 149 Å². The van der Waals surface area contributed by atoms with Crippen molar-refractivity contribution >= 4 is 28.1 Å². The Kier molecular flexibility index (Phi) is 4.07. The largest absolute Gasteiger partial charge is 0.361 e. The lowest BCUT2D eigenvalue weighted by Gasteiger charge is -2.04. The van der Waals surface area contributed by atoms with Gasteiger partial charge in [0.25, 0.3) is 5.91 Å². The van der Waals surface area contributed by atoms with E-state index >= 15 is 0 Å². The highest BCUT2D eigenvalue weighted by molar-refractivity contribution is 7.15. The van der Waals surface area contributed by atoms with Gasteiger partial charge in [0.15, 0.2) is 0 Å². The van der Waals surface area contributed by atoms with Crippen LogP contribution in [0.3, 0.4) is 0 Å². The highest BCUT2D eigenvalue weighted by Crippen LogP contribution is 2.27. The molecule has 4 rings (SSSR count). The minimum absolute atomic E-state index is 0.0721. The number of hydrogen-bond acceptors (Lipinski definition) is 3. The lowest BCUT2D eigenvalue weighted by molar-refractivity contribution is 0.0951. The minimum Gasteiger partial charge on any atom is -0.361 e. The Hall–Kier alpha value is -2.92. The topological polar surface area (TPSA) is 57.8 Å². The predicted molar refractivity (Wildman–Crippen MR) is 102 cm³/mol. The van der Waals surface area contributed by atoms with Gasteiger partial charge in [0.2, 0.25) is 0 Å². The number of hydrogen-bond donors (Lipinski definition) is 2. The third-order valence-corrected chi connectivity index (χ3v) is 5.34. The molecule has 4 aromatic rings. The molecule has 2 N–H and O–H groups in total. The first kappa shape index (κ1) is 15.6. The molecule has 0 saturated carbocycles. The maximum absolute atomic E-state index is 12.4. The van der Waals surface area contributed by atoms with Crippen molar-refractivity contribution in [3.63, 3.8) is 0 Å². The molecular weight excluding hydrogens is 330 g/mol. The normalized spacial score (nSPS) is 10.9. The second kappa shape index (κ2) is 6.53. The van der Waals surface area contributed by atoms with Crippen LogP contribution >= 0.6 is 11.3 Å². The van der Waals surface area contributed by atoms with Crippen molar-refractivity contribution in [2.24, 2.45) is 0 Å². The van der Waals surface area contributed by atoms with E-state index in [0.717, 1.165) is 32.0 Å². The van der Waals surface area contributed by atoms with Gasteiger partial charge in [-0.2, -0.15) is 0 Å². The van der Waals surface area contributed by atoms with Crippen molar-refractivity contribution in [1.82, 2.24) is 15.3 Å². The van der Waals surface area contributed by atoms with Gasteiger partial charge in [-0.15, -0.1) is 11.3 Å². The third kappa shape index (κ3) is 3.19. The molecule has 0 aliphatic rings. The molecule has 2 aromatic heterocycles. The van der Waals surface area contributed by atoms with Crippen molar-refractivity contribution in [1.29, 1.82) is 0 Å². The Morgan fingerprint density at radius 2 is 2.00 bits per heavy atom. The van der Waals surface area contributed by atoms with Gasteiger partial charge < -0.3 is 10.3 Å². The van der Waals surface area contributed by atoms with E-state index in [9.17, 15) is 4.79 Å². The number of benzene rings is 2. The fourth-order valence-corrected chi connectivity index (χ4v) is 3.76. The quantitative estimate of drug-likeness (QED) is 0.570. The molecule has 0 spiro atoms. The third-order valence-electron chi connectivity index (χ3n) is 4.14. The van der Waals surface area contributed by atoms with Crippen LogP contribution in [0.2, 0.25) is 0 Å². The molecule has 1 amide bonds. The molecular formula is C20H17N3OS. The first-order valence-electron chi connectivity index (χ1n) is 8.08. The van der Waals surface area contributed by atoms with E-state index in [1.165, 1.54) is 0 Å². The van der Waals surface area contributed by atoms with Crippen LogP contribution < -0.4 is 5.32 Å². The van der Waals surface area contributed by atoms with E-state index < -0.39 is 0 Å². The maximum atomic E-state index is 12.4. The molecule has 0 aliphatic heterocycles. The number of rotatable bonds is 4. The smallest absolute Gasteiger partial charge is 0.251 e. The molecule has 0 radical (unpaired) electrons. The molecule has 0 fully saturated rings. The van der Waals surface area contributed by atoms with E-state index in [1.54, 1.807) is 11.3 Å². The van der Waals surface area contributed by atoms with E-state index in [0.29, 0.717) is 12.1 Å². The monoisotopic (exact) mass is 347 g/mol. The summed E-state index contributed by atoms with van der Waals surface area (Å²) in [5.41, 5.74) is 3.76. The van der Waals surface area contributed by atoms with Crippen LogP contribution in [0.4, 0.5) is 0 Å². The number of aromatic amines is 1. The molecule has 0 atom stereocenters. The Morgan fingerprint density at radius 1 is 1.16 bits per heavy atom. The highest BCUT2D eigenvalue weighted by Gasteiger charge is 2.12. The highest BCUT2D eigenvalue weighted by atomic mass is 32.1. The molecule has 2 aromatic carbocycles. The number of amides is 1. The predicted octanol–water partition coefficient (Wildman–Crippen LogP) is 4.53. The summed E-state index contributed by atoms with van der Waals surface area (Å²) in [6.07, 6.45) is 1.87. The van der Waals surface area contributed by atoms with E-state index in [4.69, 9.17) is 0 Å². The van der Waals surface area contributed by atoms with Gasteiger partial charge in [-0.3, -0.25) is 4.79 Å². The fourth-order valence-electron chi connectivity index (χ4n) is 2.75. The van der Waals surface area contributed by atoms with Gasteiger partial charge in [0.05, 0.1) is 12.2 Å². The first-order chi connectivity index (χ1) is 12.2. The molecule has 25 heavy (non-hydrogen) atoms. The summed E-state index contributed by atoms with van der Waals surface area (Å²) in [7, 11) is 0. The molecule has 0 aliphatic carbocycles. The summed E-state index contributed by atoms with van der Waals surface area (Å²) < 4.78 is 0. The number of carbonyl (C=O) groups is 1. The van der Waals surface area contributed by atoms with Crippen molar-refractivity contribution < 1.29 is 4.79 Å². The first-order valence-corrected chi connectivity index (χ1v) is 8.89. The average molecular weight is 347 g/mol. The zero-order valence-electron chi connectivity index (χ0n) is 13.7. The van der Waals surface area contributed by atoms with Gasteiger partial charge in [0, 0.05) is 33.1 Å². The number of nitrogens with one attached hydrogen (secondary N) is 2. The Morgan fingerprint density at radius 3 is 2.84 bits per heavy atom. The van der Waals surface area contributed by atoms with Crippen LogP contribution in [-0.4, -0.2) is 15.9 Å². The van der Waals surface area contributed by atoms with Crippen LogP contribution in [0, 0.1) is 6.92 Å². The van der Waals surface area contributed by atoms with Crippen LogP contribution in [-0.2, 0) is 6.54 Å². The summed E-state index contributed by atoms with van der Waals surface area (Å²) in [4.78, 5) is 21.3. The van der Waals surface area contributed by atoms with Crippen molar-refractivity contribution in [2.75, 3.05) is 0 Å². The molecule has 2 heterocycles. The Balaban J connectivity index is 1.49. The number of aryl methyl sites for hydroxylation is 1. The summed E-state index contributed by atoms with van der Waals surface area (Å²) in [6, 6.07) is 17.7. The van der Waals surface area contributed by atoms with E-state index in [2.05, 4.69) is 15.3 Å². The van der Waals surface area contributed by atoms with Gasteiger partial charge in [-0.1, -0.05) is 30.3 Å². The van der Waals surface area contributed by atoms with Gasteiger partial charge in [-0.25, -0.2) is 4.98 Å². The number of H-pyrrole nitrogens is 1. The lowest BCUT2D eigenvalue weighted by atomic mass is 10.1. The number of nitrogens with zero attached hydrogens (tertiary/aromatic N) is 1. The average Bonchev–Trinajstić information content (AvgIpc) is 3.26. The summed E-state index contributed by atoms with van der Waals surface area (Å²) in [5, 5.41) is 5.02. The summed E-state index contributed by atoms with van der Waals surface area (Å²) >= 11 is 1.62. The number of carbonyl (C=O) groups excluding carboxylic acids is 1. The van der Waals surface area contributed by atoms with Crippen LogP contribution in [0.5, 0.6) is 0 Å². The van der Waals surface area contributed by atoms with Gasteiger partial charge in [0.1, 0.15) is 5.01 Å². The summed E-state index contributed by atoms with van der Waals surface area (Å²) in [6.45, 7) is 2.47. The molecule has 4 nitrogen and oxygen atoms in total. The van der Waals surface area contributed by atoms with Crippen molar-refractivity contribution in [3.8, 4) is 10.6 Å². The molecule has 5 heteroatoms. The molecule has 124 valence electrons. The molecule has 0 bridgehead atoms. The summed E-state index contributed by atoms with van der Waals surface area (Å²) in [5.74, 6) is -0.0721. The van der Waals surface area contributed by atoms with Gasteiger partial charge >= 0.3 is 0 Å².